The zero-order valence-corrected chi connectivity index (χ0v) is 12.0. The number of carbonyl (C=O) groups excluding carboxylic acids is 1. The van der Waals surface area contributed by atoms with Crippen LogP contribution in [-0.2, 0) is 4.79 Å². The van der Waals surface area contributed by atoms with Gasteiger partial charge in [0.05, 0.1) is 7.11 Å². The number of hydrogen-bond acceptors (Lipinski definition) is 2. The average molecular weight is 303 g/mol. The van der Waals surface area contributed by atoms with E-state index in [4.69, 9.17) is 0 Å². The summed E-state index contributed by atoms with van der Waals surface area (Å²) in [5.41, 5.74) is 2.20. The van der Waals surface area contributed by atoms with Crippen LogP contribution < -0.4 is 10.1 Å². The van der Waals surface area contributed by atoms with Gasteiger partial charge >= 0.3 is 0 Å². The molecule has 1 N–H and O–H groups in total. The fourth-order valence-electron chi connectivity index (χ4n) is 2.71. The van der Waals surface area contributed by atoms with Crippen LogP contribution in [0.3, 0.4) is 0 Å². The van der Waals surface area contributed by atoms with Gasteiger partial charge in [0.2, 0.25) is 5.91 Å². The molecular weight excluding hydrogens is 288 g/mol. The monoisotopic (exact) mass is 303 g/mol. The molecule has 2 aromatic rings. The first kappa shape index (κ1) is 14.5. The molecule has 0 aromatic heterocycles. The highest BCUT2D eigenvalue weighted by Crippen LogP contribution is 2.30. The lowest BCUT2D eigenvalue weighted by atomic mass is 9.95. The second kappa shape index (κ2) is 5.75. The molecule has 0 bridgehead atoms. The van der Waals surface area contributed by atoms with E-state index in [1.807, 2.05) is 12.1 Å². The normalized spacial score (nSPS) is 17.4. The van der Waals surface area contributed by atoms with Crippen LogP contribution in [0.25, 0.3) is 11.1 Å². The molecule has 22 heavy (non-hydrogen) atoms. The molecule has 0 radical (unpaired) electrons. The van der Waals surface area contributed by atoms with Crippen molar-refractivity contribution in [2.24, 2.45) is 0 Å². The molecule has 1 heterocycles. The summed E-state index contributed by atoms with van der Waals surface area (Å²) in [5.74, 6) is -1.63. The summed E-state index contributed by atoms with van der Waals surface area (Å²) in [5, 5.41) is 2.79. The van der Waals surface area contributed by atoms with E-state index in [9.17, 15) is 13.6 Å². The molecule has 5 heteroatoms. The Morgan fingerprint density at radius 3 is 2.23 bits per heavy atom. The van der Waals surface area contributed by atoms with Gasteiger partial charge in [0.1, 0.15) is 0 Å². The van der Waals surface area contributed by atoms with Crippen LogP contribution in [0.4, 0.5) is 8.78 Å². The standard InChI is InChI=1S/C17H15F2NO2/c1-22-17-14(18)6-12(7-15(17)19)10-2-4-11(5-3-10)13-8-16(21)20-9-13/h2-7,13H,8-9H2,1H3,(H,20,21). The van der Waals surface area contributed by atoms with E-state index in [1.165, 1.54) is 19.2 Å². The summed E-state index contributed by atoms with van der Waals surface area (Å²) in [4.78, 5) is 11.2. The summed E-state index contributed by atoms with van der Waals surface area (Å²) >= 11 is 0. The van der Waals surface area contributed by atoms with E-state index in [2.05, 4.69) is 10.1 Å². The highest BCUT2D eigenvalue weighted by atomic mass is 19.1. The van der Waals surface area contributed by atoms with Crippen LogP contribution in [-0.4, -0.2) is 19.6 Å². The fraction of sp³-hybridized carbons (Fsp3) is 0.235. The molecule has 1 amide bonds. The minimum atomic E-state index is -0.729. The molecule has 1 aliphatic heterocycles. The van der Waals surface area contributed by atoms with Crippen molar-refractivity contribution in [3.05, 3.63) is 53.6 Å². The Hall–Kier alpha value is -2.43. The molecule has 114 valence electrons. The quantitative estimate of drug-likeness (QED) is 0.945. The molecule has 0 spiro atoms. The van der Waals surface area contributed by atoms with Crippen molar-refractivity contribution in [3.8, 4) is 16.9 Å². The number of methoxy groups -OCH3 is 1. The summed E-state index contributed by atoms with van der Waals surface area (Å²) in [7, 11) is 1.23. The molecule has 2 aromatic carbocycles. The summed E-state index contributed by atoms with van der Waals surface area (Å²) in [6.07, 6.45) is 0.477. The first-order valence-corrected chi connectivity index (χ1v) is 6.98. The highest BCUT2D eigenvalue weighted by Gasteiger charge is 2.22. The van der Waals surface area contributed by atoms with Crippen LogP contribution in [0.15, 0.2) is 36.4 Å². The number of nitrogens with one attached hydrogen (secondary N) is 1. The first-order chi connectivity index (χ1) is 10.6. The van der Waals surface area contributed by atoms with E-state index in [1.54, 1.807) is 12.1 Å². The van der Waals surface area contributed by atoms with Crippen molar-refractivity contribution in [2.75, 3.05) is 13.7 Å². The van der Waals surface area contributed by atoms with Crippen molar-refractivity contribution in [1.82, 2.24) is 5.32 Å². The Bertz CT molecular complexity index is 690. The second-order valence-corrected chi connectivity index (χ2v) is 5.30. The average Bonchev–Trinajstić information content (AvgIpc) is 2.94. The number of hydrogen-bond donors (Lipinski definition) is 1. The van der Waals surface area contributed by atoms with Crippen molar-refractivity contribution in [3.63, 3.8) is 0 Å². The van der Waals surface area contributed by atoms with E-state index < -0.39 is 11.6 Å². The second-order valence-electron chi connectivity index (χ2n) is 5.30. The molecule has 0 saturated carbocycles. The van der Waals surface area contributed by atoms with Gasteiger partial charge in [-0.3, -0.25) is 4.79 Å². The highest BCUT2D eigenvalue weighted by molar-refractivity contribution is 5.79. The van der Waals surface area contributed by atoms with Gasteiger partial charge in [-0.25, -0.2) is 8.78 Å². The van der Waals surface area contributed by atoms with Gasteiger partial charge in [-0.1, -0.05) is 24.3 Å². The smallest absolute Gasteiger partial charge is 0.220 e. The van der Waals surface area contributed by atoms with Gasteiger partial charge < -0.3 is 10.1 Å². The van der Waals surface area contributed by atoms with Gasteiger partial charge in [0.15, 0.2) is 17.4 Å². The Labute approximate surface area is 126 Å². The lowest BCUT2D eigenvalue weighted by Crippen LogP contribution is -2.13. The molecule has 0 aliphatic carbocycles. The third-order valence-electron chi connectivity index (χ3n) is 3.90. The van der Waals surface area contributed by atoms with Crippen LogP contribution >= 0.6 is 0 Å². The molecule has 1 fully saturated rings. The van der Waals surface area contributed by atoms with Gasteiger partial charge in [-0.05, 0) is 28.8 Å². The van der Waals surface area contributed by atoms with Crippen molar-refractivity contribution >= 4 is 5.91 Å². The SMILES string of the molecule is COc1c(F)cc(-c2ccc(C3CNC(=O)C3)cc2)cc1F. The van der Waals surface area contributed by atoms with Crippen LogP contribution in [0.5, 0.6) is 5.75 Å². The van der Waals surface area contributed by atoms with E-state index in [-0.39, 0.29) is 17.6 Å². The predicted molar refractivity (Wildman–Crippen MR) is 78.7 cm³/mol. The molecule has 1 unspecified atom stereocenters. The Kier molecular flexibility index (Phi) is 3.79. The number of ether oxygens (including phenoxy) is 1. The van der Waals surface area contributed by atoms with E-state index in [0.717, 1.165) is 5.56 Å². The largest absolute Gasteiger partial charge is 0.491 e. The molecular formula is C17H15F2NO2. The molecule has 3 rings (SSSR count). The minimum Gasteiger partial charge on any atom is -0.491 e. The zero-order valence-electron chi connectivity index (χ0n) is 12.0. The first-order valence-electron chi connectivity index (χ1n) is 6.98. The third kappa shape index (κ3) is 2.66. The molecule has 3 nitrogen and oxygen atoms in total. The Balaban J connectivity index is 1.88. The van der Waals surface area contributed by atoms with Gasteiger partial charge in [-0.15, -0.1) is 0 Å². The molecule has 1 saturated heterocycles. The number of amides is 1. The molecule has 1 aliphatic rings. The van der Waals surface area contributed by atoms with Crippen molar-refractivity contribution < 1.29 is 18.3 Å². The van der Waals surface area contributed by atoms with Crippen molar-refractivity contribution in [2.45, 2.75) is 12.3 Å². The lowest BCUT2D eigenvalue weighted by molar-refractivity contribution is -0.119. The summed E-state index contributed by atoms with van der Waals surface area (Å²) < 4.78 is 32.2. The lowest BCUT2D eigenvalue weighted by Gasteiger charge is -2.10. The van der Waals surface area contributed by atoms with E-state index in [0.29, 0.717) is 24.1 Å². The zero-order chi connectivity index (χ0) is 15.7. The number of rotatable bonds is 3. The maximum Gasteiger partial charge on any atom is 0.220 e. The Morgan fingerprint density at radius 2 is 1.73 bits per heavy atom. The van der Waals surface area contributed by atoms with Crippen LogP contribution in [0, 0.1) is 11.6 Å². The van der Waals surface area contributed by atoms with Crippen molar-refractivity contribution in [1.29, 1.82) is 0 Å². The third-order valence-corrected chi connectivity index (χ3v) is 3.90. The fourth-order valence-corrected chi connectivity index (χ4v) is 2.71. The molecule has 1 atom stereocenters. The van der Waals surface area contributed by atoms with Gasteiger partial charge in [-0.2, -0.15) is 0 Å². The number of halogens is 2. The Morgan fingerprint density at radius 1 is 1.09 bits per heavy atom. The van der Waals surface area contributed by atoms with E-state index >= 15 is 0 Å². The summed E-state index contributed by atoms with van der Waals surface area (Å²) in [6.45, 7) is 0.629. The number of carbonyl (C=O) groups is 1. The maximum absolute atomic E-state index is 13.8. The maximum atomic E-state index is 13.8. The van der Waals surface area contributed by atoms with Gasteiger partial charge in [0.25, 0.3) is 0 Å². The number of benzene rings is 2. The van der Waals surface area contributed by atoms with Crippen LogP contribution in [0.2, 0.25) is 0 Å². The minimum absolute atomic E-state index is 0.0494. The topological polar surface area (TPSA) is 38.3 Å². The predicted octanol–water partition coefficient (Wildman–Crippen LogP) is 3.24. The van der Waals surface area contributed by atoms with Gasteiger partial charge in [0, 0.05) is 18.9 Å². The summed E-state index contributed by atoms with van der Waals surface area (Å²) in [6, 6.07) is 9.88. The van der Waals surface area contributed by atoms with Crippen LogP contribution in [0.1, 0.15) is 17.9 Å².